The molecular formula is C21H25NO2. The molecule has 0 radical (unpaired) electrons. The molecule has 1 N–H and O–H groups in total. The summed E-state index contributed by atoms with van der Waals surface area (Å²) in [6.45, 7) is 1.11. The second-order valence-corrected chi connectivity index (χ2v) is 6.47. The van der Waals surface area contributed by atoms with Gasteiger partial charge in [-0.25, -0.2) is 0 Å². The van der Waals surface area contributed by atoms with E-state index in [1.807, 2.05) is 24.3 Å². The Hall–Kier alpha value is -2.13. The van der Waals surface area contributed by atoms with Crippen LogP contribution in [0.4, 0.5) is 0 Å². The molecular weight excluding hydrogens is 298 g/mol. The number of hydrogen-bond acceptors (Lipinski definition) is 2. The summed E-state index contributed by atoms with van der Waals surface area (Å²) in [5.41, 5.74) is 6.22. The van der Waals surface area contributed by atoms with Crippen molar-refractivity contribution in [2.45, 2.75) is 45.3 Å². The zero-order valence-electron chi connectivity index (χ0n) is 14.3. The molecule has 0 aromatic heterocycles. The number of methoxy groups -OCH3 is 1. The van der Waals surface area contributed by atoms with Crippen LogP contribution in [0.3, 0.4) is 0 Å². The van der Waals surface area contributed by atoms with Gasteiger partial charge in [0.2, 0.25) is 5.91 Å². The molecule has 1 aliphatic carbocycles. The van der Waals surface area contributed by atoms with Gasteiger partial charge in [-0.15, -0.1) is 0 Å². The molecule has 0 saturated heterocycles. The zero-order chi connectivity index (χ0) is 16.8. The van der Waals surface area contributed by atoms with Gasteiger partial charge < -0.3 is 10.1 Å². The lowest BCUT2D eigenvalue weighted by Crippen LogP contribution is -2.25. The fourth-order valence-corrected chi connectivity index (χ4v) is 3.36. The van der Waals surface area contributed by atoms with Crippen LogP contribution < -0.4 is 5.32 Å². The Labute approximate surface area is 144 Å². The summed E-state index contributed by atoms with van der Waals surface area (Å²) in [6.07, 6.45) is 5.32. The molecule has 3 heteroatoms. The lowest BCUT2D eigenvalue weighted by molar-refractivity contribution is -0.120. The van der Waals surface area contributed by atoms with Crippen molar-refractivity contribution in [3.8, 4) is 0 Å². The van der Waals surface area contributed by atoms with E-state index in [4.69, 9.17) is 4.74 Å². The first-order chi connectivity index (χ1) is 11.8. The number of carbonyl (C=O) groups excluding carboxylic acids is 1. The van der Waals surface area contributed by atoms with E-state index in [0.717, 1.165) is 23.1 Å². The van der Waals surface area contributed by atoms with E-state index in [1.54, 1.807) is 7.11 Å². The molecule has 0 spiro atoms. The van der Waals surface area contributed by atoms with Gasteiger partial charge in [0, 0.05) is 13.7 Å². The molecule has 0 bridgehead atoms. The molecule has 24 heavy (non-hydrogen) atoms. The number of hydrogen-bond donors (Lipinski definition) is 1. The third kappa shape index (κ3) is 4.24. The van der Waals surface area contributed by atoms with Crippen LogP contribution in [0.2, 0.25) is 0 Å². The summed E-state index contributed by atoms with van der Waals surface area (Å²) < 4.78 is 5.21. The topological polar surface area (TPSA) is 38.3 Å². The Morgan fingerprint density at radius 2 is 1.79 bits per heavy atom. The van der Waals surface area contributed by atoms with Crippen molar-refractivity contribution < 1.29 is 9.53 Å². The monoisotopic (exact) mass is 323 g/mol. The molecule has 0 atom stereocenters. The van der Waals surface area contributed by atoms with Crippen molar-refractivity contribution in [2.75, 3.05) is 7.11 Å². The summed E-state index contributed by atoms with van der Waals surface area (Å²) >= 11 is 0. The van der Waals surface area contributed by atoms with Crippen molar-refractivity contribution in [3.05, 3.63) is 70.3 Å². The first kappa shape index (κ1) is 16.7. The normalized spacial score (nSPS) is 13.4. The van der Waals surface area contributed by atoms with Crippen LogP contribution in [0.15, 0.2) is 42.5 Å². The number of ether oxygens (including phenoxy) is 1. The van der Waals surface area contributed by atoms with Gasteiger partial charge in [0.05, 0.1) is 13.0 Å². The molecule has 3 rings (SSSR count). The van der Waals surface area contributed by atoms with E-state index in [1.165, 1.54) is 30.4 Å². The zero-order valence-corrected chi connectivity index (χ0v) is 14.3. The SMILES string of the molecule is COCc1ccccc1CNC(=O)Cc1ccc2c(c1)CCCC2. The number of fused-ring (bicyclic) bond motifs is 1. The average molecular weight is 323 g/mol. The summed E-state index contributed by atoms with van der Waals surface area (Å²) in [7, 11) is 1.69. The molecule has 2 aromatic rings. The number of benzene rings is 2. The fourth-order valence-electron chi connectivity index (χ4n) is 3.36. The molecule has 2 aromatic carbocycles. The minimum Gasteiger partial charge on any atom is -0.380 e. The van der Waals surface area contributed by atoms with E-state index in [9.17, 15) is 4.79 Å². The van der Waals surface area contributed by atoms with Crippen LogP contribution in [0, 0.1) is 0 Å². The number of rotatable bonds is 6. The lowest BCUT2D eigenvalue weighted by Gasteiger charge is -2.16. The van der Waals surface area contributed by atoms with Crippen molar-refractivity contribution in [2.24, 2.45) is 0 Å². The molecule has 3 nitrogen and oxygen atoms in total. The lowest BCUT2D eigenvalue weighted by atomic mass is 9.90. The number of carbonyl (C=O) groups is 1. The van der Waals surface area contributed by atoms with Gasteiger partial charge in [0.1, 0.15) is 0 Å². The van der Waals surface area contributed by atoms with Gasteiger partial charge in [-0.3, -0.25) is 4.79 Å². The Morgan fingerprint density at radius 3 is 2.58 bits per heavy atom. The van der Waals surface area contributed by atoms with E-state index in [-0.39, 0.29) is 5.91 Å². The molecule has 0 unspecified atom stereocenters. The Morgan fingerprint density at radius 1 is 1.04 bits per heavy atom. The predicted molar refractivity (Wildman–Crippen MR) is 95.8 cm³/mol. The van der Waals surface area contributed by atoms with Crippen molar-refractivity contribution in [3.63, 3.8) is 0 Å². The van der Waals surface area contributed by atoms with Gasteiger partial charge in [0.15, 0.2) is 0 Å². The Bertz CT molecular complexity index is 709. The van der Waals surface area contributed by atoms with Crippen molar-refractivity contribution in [1.29, 1.82) is 0 Å². The molecule has 1 aliphatic rings. The molecule has 1 amide bonds. The first-order valence-electron chi connectivity index (χ1n) is 8.69. The highest BCUT2D eigenvalue weighted by Crippen LogP contribution is 2.22. The molecule has 0 fully saturated rings. The van der Waals surface area contributed by atoms with Crippen LogP contribution >= 0.6 is 0 Å². The van der Waals surface area contributed by atoms with E-state index < -0.39 is 0 Å². The summed E-state index contributed by atoms with van der Waals surface area (Å²) in [5.74, 6) is 0.0676. The van der Waals surface area contributed by atoms with E-state index in [0.29, 0.717) is 19.6 Å². The Kier molecular flexibility index (Phi) is 5.65. The first-order valence-corrected chi connectivity index (χ1v) is 8.69. The molecule has 0 heterocycles. The quantitative estimate of drug-likeness (QED) is 0.882. The van der Waals surface area contributed by atoms with Crippen LogP contribution in [-0.2, 0) is 41.9 Å². The maximum absolute atomic E-state index is 12.3. The van der Waals surface area contributed by atoms with Gasteiger partial charge in [-0.1, -0.05) is 42.5 Å². The average Bonchev–Trinajstić information content (AvgIpc) is 2.61. The number of amides is 1. The third-order valence-corrected chi connectivity index (χ3v) is 4.67. The third-order valence-electron chi connectivity index (χ3n) is 4.67. The smallest absolute Gasteiger partial charge is 0.224 e. The van der Waals surface area contributed by atoms with Gasteiger partial charge in [0.25, 0.3) is 0 Å². The fraction of sp³-hybridized carbons (Fsp3) is 0.381. The maximum atomic E-state index is 12.3. The predicted octanol–water partition coefficient (Wildman–Crippen LogP) is 3.57. The van der Waals surface area contributed by atoms with Crippen molar-refractivity contribution in [1.82, 2.24) is 5.32 Å². The van der Waals surface area contributed by atoms with Gasteiger partial charge in [-0.05, 0) is 53.5 Å². The Balaban J connectivity index is 1.58. The minimum absolute atomic E-state index is 0.0676. The highest BCUT2D eigenvalue weighted by molar-refractivity contribution is 5.78. The van der Waals surface area contributed by atoms with Crippen LogP contribution in [-0.4, -0.2) is 13.0 Å². The van der Waals surface area contributed by atoms with E-state index >= 15 is 0 Å². The van der Waals surface area contributed by atoms with Gasteiger partial charge in [-0.2, -0.15) is 0 Å². The van der Waals surface area contributed by atoms with Gasteiger partial charge >= 0.3 is 0 Å². The minimum atomic E-state index is 0.0676. The largest absolute Gasteiger partial charge is 0.380 e. The van der Waals surface area contributed by atoms with Crippen LogP contribution in [0.1, 0.15) is 40.7 Å². The molecule has 0 aliphatic heterocycles. The summed E-state index contributed by atoms with van der Waals surface area (Å²) in [6, 6.07) is 14.6. The molecule has 126 valence electrons. The highest BCUT2D eigenvalue weighted by atomic mass is 16.5. The second-order valence-electron chi connectivity index (χ2n) is 6.47. The summed E-state index contributed by atoms with van der Waals surface area (Å²) in [5, 5.41) is 3.03. The van der Waals surface area contributed by atoms with Crippen molar-refractivity contribution >= 4 is 5.91 Å². The van der Waals surface area contributed by atoms with Crippen LogP contribution in [0.5, 0.6) is 0 Å². The number of aryl methyl sites for hydroxylation is 2. The standard InChI is InChI=1S/C21H25NO2/c1-24-15-20-9-5-4-8-19(20)14-22-21(23)13-16-10-11-17-6-2-3-7-18(17)12-16/h4-5,8-12H,2-3,6-7,13-15H2,1H3,(H,22,23). The molecule has 0 saturated carbocycles. The second kappa shape index (κ2) is 8.11. The van der Waals surface area contributed by atoms with Crippen LogP contribution in [0.25, 0.3) is 0 Å². The maximum Gasteiger partial charge on any atom is 0.224 e. The van der Waals surface area contributed by atoms with E-state index in [2.05, 4.69) is 23.5 Å². The summed E-state index contributed by atoms with van der Waals surface area (Å²) in [4.78, 5) is 12.3. The highest BCUT2D eigenvalue weighted by Gasteiger charge is 2.11. The number of nitrogens with one attached hydrogen (secondary N) is 1.